The van der Waals surface area contributed by atoms with Gasteiger partial charge in [-0.25, -0.2) is 4.79 Å². The van der Waals surface area contributed by atoms with Crippen LogP contribution < -0.4 is 14.8 Å². The minimum atomic E-state index is -0.932. The molecule has 3 amide bonds. The smallest absolute Gasteiger partial charge is 0.325 e. The molecule has 1 saturated heterocycles. The third-order valence-corrected chi connectivity index (χ3v) is 5.59. The molecule has 2 aliphatic rings. The average Bonchev–Trinajstić information content (AvgIpc) is 3.16. The molecule has 1 aliphatic carbocycles. The number of urea groups is 1. The van der Waals surface area contributed by atoms with Gasteiger partial charge in [0.1, 0.15) is 5.54 Å². The molecule has 27 heavy (non-hydrogen) atoms. The molecule has 6 heteroatoms. The van der Waals surface area contributed by atoms with E-state index in [9.17, 15) is 9.59 Å². The van der Waals surface area contributed by atoms with Crippen molar-refractivity contribution in [1.82, 2.24) is 10.2 Å². The number of carbonyl (C=O) groups is 2. The molecule has 0 bridgehead atoms. The first-order valence-corrected chi connectivity index (χ1v) is 8.94. The Morgan fingerprint density at radius 1 is 1.11 bits per heavy atom. The van der Waals surface area contributed by atoms with Crippen LogP contribution in [0.2, 0.25) is 0 Å². The maximum absolute atomic E-state index is 13.3. The van der Waals surface area contributed by atoms with E-state index >= 15 is 0 Å². The number of aryl methyl sites for hydroxylation is 2. The molecular weight excluding hydrogens is 344 g/mol. The third kappa shape index (κ3) is 2.55. The maximum atomic E-state index is 13.3. The molecule has 0 aromatic heterocycles. The quantitative estimate of drug-likeness (QED) is 0.845. The van der Waals surface area contributed by atoms with Crippen molar-refractivity contribution in [1.29, 1.82) is 0 Å². The highest BCUT2D eigenvalue weighted by atomic mass is 16.5. The van der Waals surface area contributed by atoms with Crippen LogP contribution in [-0.2, 0) is 23.3 Å². The van der Waals surface area contributed by atoms with E-state index in [0.717, 1.165) is 28.7 Å². The van der Waals surface area contributed by atoms with E-state index in [2.05, 4.69) is 5.32 Å². The summed E-state index contributed by atoms with van der Waals surface area (Å²) in [6.45, 7) is 2.12. The standard InChI is InChI=1S/C21H22N2O4/c1-13-10-17(26-2)18(27-3)11-15(13)12-23-19(24)21(22-20(23)25)9-8-14-6-4-5-7-16(14)21/h4-7,10-11H,8-9,12H2,1-3H3,(H,22,25)/t21-/m1/s1. The predicted octanol–water partition coefficient (Wildman–Crippen LogP) is 2.91. The van der Waals surface area contributed by atoms with Crippen molar-refractivity contribution in [2.75, 3.05) is 14.2 Å². The van der Waals surface area contributed by atoms with Crippen molar-refractivity contribution in [2.45, 2.75) is 31.8 Å². The summed E-state index contributed by atoms with van der Waals surface area (Å²) < 4.78 is 10.7. The SMILES string of the molecule is COc1cc(C)c(CN2C(=O)N[C@@]3(CCc4ccccc43)C2=O)cc1OC. The second-order valence-corrected chi connectivity index (χ2v) is 7.02. The van der Waals surface area contributed by atoms with Gasteiger partial charge in [-0.2, -0.15) is 0 Å². The Labute approximate surface area is 158 Å². The van der Waals surface area contributed by atoms with Crippen molar-refractivity contribution in [3.8, 4) is 11.5 Å². The largest absolute Gasteiger partial charge is 0.493 e. The Morgan fingerprint density at radius 3 is 2.56 bits per heavy atom. The molecule has 0 unspecified atom stereocenters. The summed E-state index contributed by atoms with van der Waals surface area (Å²) in [7, 11) is 3.14. The number of fused-ring (bicyclic) bond motifs is 2. The minimum Gasteiger partial charge on any atom is -0.493 e. The van der Waals surface area contributed by atoms with E-state index in [-0.39, 0.29) is 18.5 Å². The summed E-state index contributed by atoms with van der Waals surface area (Å²) in [6, 6.07) is 11.1. The van der Waals surface area contributed by atoms with Gasteiger partial charge in [0.05, 0.1) is 20.8 Å². The number of carbonyl (C=O) groups excluding carboxylic acids is 2. The number of methoxy groups -OCH3 is 2. The molecule has 0 saturated carbocycles. The Balaban J connectivity index is 1.67. The van der Waals surface area contributed by atoms with E-state index in [4.69, 9.17) is 9.47 Å². The summed E-state index contributed by atoms with van der Waals surface area (Å²) >= 11 is 0. The van der Waals surface area contributed by atoms with Gasteiger partial charge >= 0.3 is 6.03 Å². The number of nitrogens with one attached hydrogen (secondary N) is 1. The Kier molecular flexibility index (Phi) is 4.06. The minimum absolute atomic E-state index is 0.188. The van der Waals surface area contributed by atoms with Crippen molar-refractivity contribution in [2.24, 2.45) is 0 Å². The van der Waals surface area contributed by atoms with Crippen LogP contribution in [0.15, 0.2) is 36.4 Å². The van der Waals surface area contributed by atoms with Crippen molar-refractivity contribution in [3.63, 3.8) is 0 Å². The molecule has 0 radical (unpaired) electrons. The topological polar surface area (TPSA) is 67.9 Å². The van der Waals surface area contributed by atoms with Gasteiger partial charge < -0.3 is 14.8 Å². The summed E-state index contributed by atoms with van der Waals surface area (Å²) in [6.07, 6.45) is 1.38. The molecule has 1 heterocycles. The zero-order valence-corrected chi connectivity index (χ0v) is 15.7. The lowest BCUT2D eigenvalue weighted by atomic mass is 9.91. The van der Waals surface area contributed by atoms with Crippen LogP contribution >= 0.6 is 0 Å². The molecule has 6 nitrogen and oxygen atoms in total. The Bertz CT molecular complexity index is 940. The Hall–Kier alpha value is -3.02. The van der Waals surface area contributed by atoms with Crippen LogP contribution in [0.5, 0.6) is 11.5 Å². The number of benzene rings is 2. The Morgan fingerprint density at radius 2 is 1.81 bits per heavy atom. The van der Waals surface area contributed by atoms with Gasteiger partial charge in [-0.1, -0.05) is 24.3 Å². The van der Waals surface area contributed by atoms with Crippen molar-refractivity contribution >= 4 is 11.9 Å². The van der Waals surface area contributed by atoms with Crippen LogP contribution in [0.25, 0.3) is 0 Å². The zero-order valence-electron chi connectivity index (χ0n) is 15.7. The highest BCUT2D eigenvalue weighted by molar-refractivity contribution is 6.08. The fourth-order valence-corrected chi connectivity index (χ4v) is 4.10. The number of nitrogens with zero attached hydrogens (tertiary/aromatic N) is 1. The molecular formula is C21H22N2O4. The number of hydrogen-bond acceptors (Lipinski definition) is 4. The normalized spacial score (nSPS) is 20.8. The second kappa shape index (κ2) is 6.30. The molecule has 1 aliphatic heterocycles. The summed E-state index contributed by atoms with van der Waals surface area (Å²) in [5.41, 5.74) is 2.88. The first-order chi connectivity index (χ1) is 13.0. The monoisotopic (exact) mass is 366 g/mol. The molecule has 2 aromatic carbocycles. The predicted molar refractivity (Wildman–Crippen MR) is 99.8 cm³/mol. The average molecular weight is 366 g/mol. The van der Waals surface area contributed by atoms with Crippen LogP contribution in [0, 0.1) is 6.92 Å². The van der Waals surface area contributed by atoms with Gasteiger partial charge in [-0.05, 0) is 54.2 Å². The number of hydrogen-bond donors (Lipinski definition) is 1. The number of ether oxygens (including phenoxy) is 2. The molecule has 1 atom stereocenters. The number of imide groups is 1. The molecule has 1 spiro atoms. The number of amides is 3. The second-order valence-electron chi connectivity index (χ2n) is 7.02. The lowest BCUT2D eigenvalue weighted by molar-refractivity contribution is -0.132. The summed E-state index contributed by atoms with van der Waals surface area (Å²) in [4.78, 5) is 27.3. The zero-order chi connectivity index (χ0) is 19.2. The summed E-state index contributed by atoms with van der Waals surface area (Å²) in [5.74, 6) is 1.01. The van der Waals surface area contributed by atoms with E-state index in [1.807, 2.05) is 43.3 Å². The fourth-order valence-electron chi connectivity index (χ4n) is 4.10. The fraction of sp³-hybridized carbons (Fsp3) is 0.333. The van der Waals surface area contributed by atoms with Crippen molar-refractivity contribution in [3.05, 3.63) is 58.7 Å². The molecule has 2 aromatic rings. The van der Waals surface area contributed by atoms with Gasteiger partial charge in [0.25, 0.3) is 5.91 Å². The molecule has 140 valence electrons. The van der Waals surface area contributed by atoms with E-state index in [1.54, 1.807) is 14.2 Å². The third-order valence-electron chi connectivity index (χ3n) is 5.59. The maximum Gasteiger partial charge on any atom is 0.325 e. The van der Waals surface area contributed by atoms with E-state index in [1.165, 1.54) is 4.90 Å². The van der Waals surface area contributed by atoms with E-state index < -0.39 is 5.54 Å². The number of rotatable bonds is 4. The lowest BCUT2D eigenvalue weighted by Gasteiger charge is -2.22. The van der Waals surface area contributed by atoms with Crippen LogP contribution in [0.4, 0.5) is 4.79 Å². The highest BCUT2D eigenvalue weighted by Crippen LogP contribution is 2.42. The summed E-state index contributed by atoms with van der Waals surface area (Å²) in [5, 5.41) is 2.96. The van der Waals surface area contributed by atoms with Gasteiger partial charge in [-0.15, -0.1) is 0 Å². The van der Waals surface area contributed by atoms with Crippen LogP contribution in [0.3, 0.4) is 0 Å². The van der Waals surface area contributed by atoms with Gasteiger partial charge in [0.2, 0.25) is 0 Å². The van der Waals surface area contributed by atoms with Gasteiger partial charge in [0, 0.05) is 0 Å². The molecule has 4 rings (SSSR count). The van der Waals surface area contributed by atoms with Gasteiger partial charge in [0.15, 0.2) is 11.5 Å². The van der Waals surface area contributed by atoms with Crippen molar-refractivity contribution < 1.29 is 19.1 Å². The van der Waals surface area contributed by atoms with E-state index in [0.29, 0.717) is 17.9 Å². The molecule has 1 fully saturated rings. The van der Waals surface area contributed by atoms with Crippen LogP contribution in [-0.4, -0.2) is 31.1 Å². The highest BCUT2D eigenvalue weighted by Gasteiger charge is 2.55. The first-order valence-electron chi connectivity index (χ1n) is 8.94. The van der Waals surface area contributed by atoms with Crippen LogP contribution in [0.1, 0.15) is 28.7 Å². The van der Waals surface area contributed by atoms with Gasteiger partial charge in [-0.3, -0.25) is 9.69 Å². The molecule has 1 N–H and O–H groups in total. The lowest BCUT2D eigenvalue weighted by Crippen LogP contribution is -2.41. The first kappa shape index (κ1) is 17.4.